The van der Waals surface area contributed by atoms with E-state index in [1.807, 2.05) is 28.0 Å². The second-order valence-corrected chi connectivity index (χ2v) is 11.9. The van der Waals surface area contributed by atoms with Crippen molar-refractivity contribution in [3.8, 4) is 17.0 Å². The van der Waals surface area contributed by atoms with Crippen molar-refractivity contribution in [1.82, 2.24) is 24.7 Å². The number of likely N-dealkylation sites (tertiary alicyclic amines) is 1. The first kappa shape index (κ1) is 28.4. The monoisotopic (exact) mass is 575 g/mol. The van der Waals surface area contributed by atoms with Crippen molar-refractivity contribution in [3.63, 3.8) is 0 Å². The van der Waals surface area contributed by atoms with Crippen molar-refractivity contribution < 1.29 is 19.0 Å². The van der Waals surface area contributed by atoms with Gasteiger partial charge < -0.3 is 25.0 Å². The predicted octanol–water partition coefficient (Wildman–Crippen LogP) is 3.82. The average molecular weight is 576 g/mol. The van der Waals surface area contributed by atoms with Crippen LogP contribution < -0.4 is 15.6 Å². The summed E-state index contributed by atoms with van der Waals surface area (Å²) in [6.45, 7) is 3.01. The summed E-state index contributed by atoms with van der Waals surface area (Å²) in [6.07, 6.45) is 5.31. The van der Waals surface area contributed by atoms with Crippen LogP contribution in [0.3, 0.4) is 0 Å². The molecule has 9 nitrogen and oxygen atoms in total. The number of nitrogens with zero attached hydrogens (tertiary/aromatic N) is 4. The van der Waals surface area contributed by atoms with E-state index >= 15 is 0 Å². The molecule has 2 amide bonds. The van der Waals surface area contributed by atoms with Gasteiger partial charge in [-0.1, -0.05) is 49.2 Å². The third kappa shape index (κ3) is 5.07. The van der Waals surface area contributed by atoms with Gasteiger partial charge in [0.2, 0.25) is 0 Å². The number of methoxy groups -OCH3 is 1. The van der Waals surface area contributed by atoms with Crippen molar-refractivity contribution in [2.75, 3.05) is 39.8 Å². The van der Waals surface area contributed by atoms with E-state index in [9.17, 15) is 19.1 Å². The SMILES string of the molecule is COc1c(F)cccc1-c1cc(=O)n(C[C@]2(O)CCN(C(=O)N3CCNC[C@H]3c3ccccc3)CC23CCCC3)cn1. The van der Waals surface area contributed by atoms with E-state index in [-0.39, 0.29) is 29.9 Å². The molecule has 0 unspecified atom stereocenters. The maximum Gasteiger partial charge on any atom is 0.320 e. The van der Waals surface area contributed by atoms with Crippen LogP contribution in [0.15, 0.2) is 65.7 Å². The van der Waals surface area contributed by atoms with Crippen LogP contribution in [0.1, 0.15) is 43.7 Å². The van der Waals surface area contributed by atoms with Crippen molar-refractivity contribution in [2.45, 2.75) is 50.3 Å². The topological polar surface area (TPSA) is 99.9 Å². The Kier molecular flexibility index (Phi) is 7.76. The number of rotatable bonds is 5. The van der Waals surface area contributed by atoms with Gasteiger partial charge in [-0.2, -0.15) is 0 Å². The summed E-state index contributed by atoms with van der Waals surface area (Å²) >= 11 is 0. The molecule has 3 heterocycles. The number of ether oxygens (including phenoxy) is 1. The number of para-hydroxylation sites is 1. The molecule has 0 radical (unpaired) electrons. The molecule has 3 aromatic rings. The molecular formula is C32H38FN5O4. The summed E-state index contributed by atoms with van der Waals surface area (Å²) in [5.41, 5.74) is -0.222. The standard InChI is InChI=1S/C32H38FN5O4/c1-42-29-24(10-7-11-25(29)33)26-18-28(39)37(22-35-26)21-32(41)14-16-36(20-31(32)12-5-6-13-31)30(40)38-17-15-34-19-27(38)23-8-3-2-4-9-23/h2-4,7-11,18,22,27,34,41H,5-6,12-17,19-21H2,1H3/t27-,32+/m0/s1. The predicted molar refractivity (Wildman–Crippen MR) is 157 cm³/mol. The zero-order chi connectivity index (χ0) is 29.3. The van der Waals surface area contributed by atoms with Gasteiger partial charge >= 0.3 is 6.03 Å². The fourth-order valence-corrected chi connectivity index (χ4v) is 7.24. The smallest absolute Gasteiger partial charge is 0.320 e. The largest absolute Gasteiger partial charge is 0.493 e. The molecule has 10 heteroatoms. The second-order valence-electron chi connectivity index (χ2n) is 11.9. The number of hydrogen-bond donors (Lipinski definition) is 2. The number of benzene rings is 2. The molecule has 2 N–H and O–H groups in total. The first-order valence-corrected chi connectivity index (χ1v) is 14.8. The normalized spacial score (nSPS) is 23.7. The van der Waals surface area contributed by atoms with Crippen molar-refractivity contribution in [2.24, 2.45) is 5.41 Å². The Morgan fingerprint density at radius 3 is 2.64 bits per heavy atom. The lowest BCUT2D eigenvalue weighted by Gasteiger charge is -2.53. The lowest BCUT2D eigenvalue weighted by molar-refractivity contribution is -0.137. The van der Waals surface area contributed by atoms with E-state index in [0.717, 1.165) is 37.8 Å². The van der Waals surface area contributed by atoms with Crippen LogP contribution in [0, 0.1) is 11.2 Å². The van der Waals surface area contributed by atoms with Gasteiger partial charge in [0.05, 0.1) is 37.3 Å². The van der Waals surface area contributed by atoms with Crippen LogP contribution in [0.2, 0.25) is 0 Å². The summed E-state index contributed by atoms with van der Waals surface area (Å²) in [6, 6.07) is 15.9. The van der Waals surface area contributed by atoms with Gasteiger partial charge in [-0.05, 0) is 37.0 Å². The van der Waals surface area contributed by atoms with Gasteiger partial charge in [0.1, 0.15) is 0 Å². The summed E-state index contributed by atoms with van der Waals surface area (Å²) in [5.74, 6) is -0.502. The molecule has 3 fully saturated rings. The third-order valence-corrected chi connectivity index (χ3v) is 9.54. The maximum absolute atomic E-state index is 14.3. The highest BCUT2D eigenvalue weighted by Gasteiger charge is 2.56. The molecule has 2 aromatic carbocycles. The molecule has 222 valence electrons. The van der Waals surface area contributed by atoms with Gasteiger partial charge in [0.15, 0.2) is 11.6 Å². The molecule has 3 aliphatic rings. The van der Waals surface area contributed by atoms with Gasteiger partial charge in [0.25, 0.3) is 5.56 Å². The first-order chi connectivity index (χ1) is 20.3. The van der Waals surface area contributed by atoms with E-state index < -0.39 is 16.8 Å². The lowest BCUT2D eigenvalue weighted by Crippen LogP contribution is -2.64. The molecule has 1 saturated carbocycles. The van der Waals surface area contributed by atoms with E-state index in [1.165, 1.54) is 30.1 Å². The van der Waals surface area contributed by atoms with E-state index in [2.05, 4.69) is 22.4 Å². The van der Waals surface area contributed by atoms with Gasteiger partial charge in [-0.25, -0.2) is 14.2 Å². The molecule has 2 aliphatic heterocycles. The fraction of sp³-hybridized carbons (Fsp3) is 0.469. The quantitative estimate of drug-likeness (QED) is 0.480. The van der Waals surface area contributed by atoms with Crippen LogP contribution in [-0.4, -0.2) is 75.9 Å². The minimum absolute atomic E-state index is 0.00547. The molecular weight excluding hydrogens is 537 g/mol. The van der Waals surface area contributed by atoms with E-state index in [0.29, 0.717) is 43.9 Å². The third-order valence-electron chi connectivity index (χ3n) is 9.54. The van der Waals surface area contributed by atoms with Gasteiger partial charge in [-0.15, -0.1) is 0 Å². The number of halogens is 1. The zero-order valence-corrected chi connectivity index (χ0v) is 24.0. The Labute approximate surface area is 244 Å². The van der Waals surface area contributed by atoms with Crippen LogP contribution in [-0.2, 0) is 6.54 Å². The van der Waals surface area contributed by atoms with Crippen LogP contribution in [0.25, 0.3) is 11.3 Å². The summed E-state index contributed by atoms with van der Waals surface area (Å²) in [5, 5.41) is 15.6. The number of aromatic nitrogens is 2. The van der Waals surface area contributed by atoms with Crippen LogP contribution >= 0.6 is 0 Å². The first-order valence-electron chi connectivity index (χ1n) is 14.8. The van der Waals surface area contributed by atoms with Crippen molar-refractivity contribution >= 4 is 6.03 Å². The molecule has 2 saturated heterocycles. The Balaban J connectivity index is 1.23. The summed E-state index contributed by atoms with van der Waals surface area (Å²) < 4.78 is 20.9. The molecule has 0 bridgehead atoms. The Hall–Kier alpha value is -3.76. The molecule has 1 aliphatic carbocycles. The number of amides is 2. The van der Waals surface area contributed by atoms with Crippen LogP contribution in [0.4, 0.5) is 9.18 Å². The zero-order valence-electron chi connectivity index (χ0n) is 24.0. The Bertz CT molecular complexity index is 1490. The van der Waals surface area contributed by atoms with Crippen molar-refractivity contribution in [1.29, 1.82) is 0 Å². The molecule has 1 aromatic heterocycles. The number of piperidine rings is 1. The molecule has 42 heavy (non-hydrogen) atoms. The number of carbonyl (C=O) groups is 1. The molecule has 6 rings (SSSR count). The highest BCUT2D eigenvalue weighted by atomic mass is 19.1. The summed E-state index contributed by atoms with van der Waals surface area (Å²) in [4.78, 5) is 35.6. The number of carbonyl (C=O) groups excluding carboxylic acids is 1. The van der Waals surface area contributed by atoms with Gasteiger partial charge in [-0.3, -0.25) is 9.36 Å². The Morgan fingerprint density at radius 1 is 1.12 bits per heavy atom. The summed E-state index contributed by atoms with van der Waals surface area (Å²) in [7, 11) is 1.38. The second kappa shape index (κ2) is 11.5. The number of urea groups is 1. The number of nitrogens with one attached hydrogen (secondary N) is 1. The van der Waals surface area contributed by atoms with E-state index in [1.54, 1.807) is 12.1 Å². The minimum Gasteiger partial charge on any atom is -0.493 e. The van der Waals surface area contributed by atoms with Crippen molar-refractivity contribution in [3.05, 3.63) is 82.7 Å². The highest BCUT2D eigenvalue weighted by molar-refractivity contribution is 5.75. The highest BCUT2D eigenvalue weighted by Crippen LogP contribution is 2.52. The molecule has 1 spiro atoms. The Morgan fingerprint density at radius 2 is 1.90 bits per heavy atom. The average Bonchev–Trinajstić information content (AvgIpc) is 3.49. The minimum atomic E-state index is -1.17. The number of piperazine rings is 1. The van der Waals surface area contributed by atoms with E-state index in [4.69, 9.17) is 4.74 Å². The van der Waals surface area contributed by atoms with Crippen LogP contribution in [0.5, 0.6) is 5.75 Å². The number of aliphatic hydroxyl groups is 1. The maximum atomic E-state index is 14.3. The lowest BCUT2D eigenvalue weighted by atomic mass is 9.66. The number of hydrogen-bond acceptors (Lipinski definition) is 6. The fourth-order valence-electron chi connectivity index (χ4n) is 7.24. The molecule has 2 atom stereocenters. The van der Waals surface area contributed by atoms with Gasteiger partial charge in [0, 0.05) is 49.8 Å².